The first-order valence-corrected chi connectivity index (χ1v) is 9.85. The number of benzene rings is 2. The van der Waals surface area contributed by atoms with E-state index >= 15 is 0 Å². The Labute approximate surface area is 164 Å². The van der Waals surface area contributed by atoms with Crippen molar-refractivity contribution in [2.75, 3.05) is 26.4 Å². The third kappa shape index (κ3) is 3.24. The van der Waals surface area contributed by atoms with E-state index in [0.29, 0.717) is 13.0 Å². The monoisotopic (exact) mass is 377 g/mol. The average Bonchev–Trinajstić information content (AvgIpc) is 3.48. The van der Waals surface area contributed by atoms with Crippen LogP contribution >= 0.6 is 0 Å². The molecule has 0 aromatic heterocycles. The largest absolute Gasteiger partial charge is 0.454 e. The fraction of sp³-hybridized carbons (Fsp3) is 0.364. The number of hydrogen-bond acceptors (Lipinski definition) is 5. The van der Waals surface area contributed by atoms with Gasteiger partial charge in [0.05, 0.1) is 18.3 Å². The maximum atomic E-state index is 13.1. The van der Waals surface area contributed by atoms with Gasteiger partial charge in [-0.2, -0.15) is 5.10 Å². The zero-order valence-corrected chi connectivity index (χ0v) is 15.7. The number of hydrogen-bond donors (Lipinski definition) is 0. The van der Waals surface area contributed by atoms with E-state index in [0.717, 1.165) is 54.3 Å². The maximum absolute atomic E-state index is 13.1. The molecule has 0 aliphatic carbocycles. The van der Waals surface area contributed by atoms with Gasteiger partial charge in [0.2, 0.25) is 6.79 Å². The number of fused-ring (bicyclic) bond motifs is 1. The van der Waals surface area contributed by atoms with E-state index in [-0.39, 0.29) is 18.7 Å². The molecule has 0 N–H and O–H groups in total. The summed E-state index contributed by atoms with van der Waals surface area (Å²) in [6, 6.07) is 15.9. The van der Waals surface area contributed by atoms with Gasteiger partial charge in [-0.15, -0.1) is 0 Å². The van der Waals surface area contributed by atoms with Crippen molar-refractivity contribution >= 4 is 11.6 Å². The Morgan fingerprint density at radius 3 is 2.64 bits per heavy atom. The number of nitrogens with zero attached hydrogens (tertiary/aromatic N) is 3. The van der Waals surface area contributed by atoms with E-state index in [1.165, 1.54) is 0 Å². The highest BCUT2D eigenvalue weighted by molar-refractivity contribution is 6.03. The van der Waals surface area contributed by atoms with Crippen LogP contribution in [0.4, 0.5) is 0 Å². The van der Waals surface area contributed by atoms with Gasteiger partial charge < -0.3 is 9.47 Å². The summed E-state index contributed by atoms with van der Waals surface area (Å²) >= 11 is 0. The van der Waals surface area contributed by atoms with Crippen LogP contribution in [0.25, 0.3) is 0 Å². The number of ether oxygens (including phenoxy) is 2. The van der Waals surface area contributed by atoms with Crippen molar-refractivity contribution in [3.63, 3.8) is 0 Å². The predicted octanol–water partition coefficient (Wildman–Crippen LogP) is 3.19. The van der Waals surface area contributed by atoms with Crippen LogP contribution in [0, 0.1) is 0 Å². The summed E-state index contributed by atoms with van der Waals surface area (Å²) in [5.74, 6) is 1.54. The van der Waals surface area contributed by atoms with Gasteiger partial charge in [-0.3, -0.25) is 9.69 Å². The van der Waals surface area contributed by atoms with Crippen molar-refractivity contribution in [2.24, 2.45) is 5.10 Å². The van der Waals surface area contributed by atoms with E-state index in [1.54, 1.807) is 5.01 Å². The molecule has 3 aliphatic rings. The molecule has 1 saturated heterocycles. The molecule has 144 valence electrons. The number of amides is 1. The fourth-order valence-corrected chi connectivity index (χ4v) is 4.13. The topological polar surface area (TPSA) is 54.4 Å². The van der Waals surface area contributed by atoms with Gasteiger partial charge in [0, 0.05) is 6.42 Å². The van der Waals surface area contributed by atoms with Crippen LogP contribution < -0.4 is 9.47 Å². The number of likely N-dealkylation sites (tertiary alicyclic amines) is 1. The van der Waals surface area contributed by atoms with Gasteiger partial charge in [0.15, 0.2) is 11.5 Å². The Morgan fingerprint density at radius 1 is 1.04 bits per heavy atom. The van der Waals surface area contributed by atoms with Crippen LogP contribution in [-0.2, 0) is 4.79 Å². The average molecular weight is 377 g/mol. The summed E-state index contributed by atoms with van der Waals surface area (Å²) in [5.41, 5.74) is 3.02. The van der Waals surface area contributed by atoms with Gasteiger partial charge in [0.25, 0.3) is 5.91 Å². The third-order valence-corrected chi connectivity index (χ3v) is 5.61. The molecule has 0 bridgehead atoms. The second-order valence-electron chi connectivity index (χ2n) is 7.47. The lowest BCUT2D eigenvalue weighted by Crippen LogP contribution is -2.36. The number of carbonyl (C=O) groups is 1. The van der Waals surface area contributed by atoms with Crippen LogP contribution in [0.3, 0.4) is 0 Å². The van der Waals surface area contributed by atoms with Crippen molar-refractivity contribution in [3.8, 4) is 11.5 Å². The quantitative estimate of drug-likeness (QED) is 0.821. The first-order chi connectivity index (χ1) is 13.8. The van der Waals surface area contributed by atoms with Gasteiger partial charge in [-0.05, 0) is 49.2 Å². The molecule has 2 aromatic rings. The molecule has 1 fully saturated rings. The summed E-state index contributed by atoms with van der Waals surface area (Å²) in [7, 11) is 0. The van der Waals surface area contributed by atoms with Crippen LogP contribution in [0.2, 0.25) is 0 Å². The molecule has 1 atom stereocenters. The third-order valence-electron chi connectivity index (χ3n) is 5.61. The van der Waals surface area contributed by atoms with Crippen LogP contribution in [0.1, 0.15) is 36.4 Å². The molecular formula is C22H23N3O3. The summed E-state index contributed by atoms with van der Waals surface area (Å²) in [6.45, 7) is 2.65. The molecular weight excluding hydrogens is 354 g/mol. The van der Waals surface area contributed by atoms with Gasteiger partial charge in [-0.1, -0.05) is 36.4 Å². The summed E-state index contributed by atoms with van der Waals surface area (Å²) in [4.78, 5) is 15.3. The lowest BCUT2D eigenvalue weighted by Gasteiger charge is -2.24. The smallest absolute Gasteiger partial charge is 0.257 e. The molecule has 0 saturated carbocycles. The second kappa shape index (κ2) is 7.28. The lowest BCUT2D eigenvalue weighted by molar-refractivity contribution is -0.134. The van der Waals surface area contributed by atoms with E-state index in [2.05, 4.69) is 4.90 Å². The summed E-state index contributed by atoms with van der Waals surface area (Å²) in [6.07, 6.45) is 3.02. The van der Waals surface area contributed by atoms with Gasteiger partial charge in [-0.25, -0.2) is 5.01 Å². The molecule has 2 aromatic carbocycles. The number of rotatable bonds is 4. The van der Waals surface area contributed by atoms with Crippen molar-refractivity contribution in [2.45, 2.75) is 25.3 Å². The molecule has 1 amide bonds. The van der Waals surface area contributed by atoms with Crippen LogP contribution in [0.5, 0.6) is 11.5 Å². The van der Waals surface area contributed by atoms with Crippen molar-refractivity contribution < 1.29 is 14.3 Å². The molecule has 0 spiro atoms. The van der Waals surface area contributed by atoms with E-state index in [9.17, 15) is 4.79 Å². The highest BCUT2D eigenvalue weighted by Crippen LogP contribution is 2.39. The first kappa shape index (κ1) is 17.3. The zero-order valence-electron chi connectivity index (χ0n) is 15.7. The van der Waals surface area contributed by atoms with Crippen molar-refractivity contribution in [3.05, 3.63) is 59.7 Å². The minimum atomic E-state index is -0.125. The van der Waals surface area contributed by atoms with Gasteiger partial charge >= 0.3 is 0 Å². The Balaban J connectivity index is 1.45. The molecule has 5 rings (SSSR count). The van der Waals surface area contributed by atoms with E-state index in [1.807, 2.05) is 48.5 Å². The molecule has 6 nitrogen and oxygen atoms in total. The van der Waals surface area contributed by atoms with Crippen LogP contribution in [-0.4, -0.2) is 48.0 Å². The summed E-state index contributed by atoms with van der Waals surface area (Å²) < 4.78 is 11.0. The summed E-state index contributed by atoms with van der Waals surface area (Å²) in [5, 5.41) is 6.43. The highest BCUT2D eigenvalue weighted by atomic mass is 16.7. The molecule has 3 aliphatic heterocycles. The van der Waals surface area contributed by atoms with Crippen LogP contribution in [0.15, 0.2) is 53.6 Å². The molecule has 3 heterocycles. The Hall–Kier alpha value is -2.86. The maximum Gasteiger partial charge on any atom is 0.257 e. The molecule has 28 heavy (non-hydrogen) atoms. The number of hydrazone groups is 1. The second-order valence-corrected chi connectivity index (χ2v) is 7.47. The van der Waals surface area contributed by atoms with Crippen molar-refractivity contribution in [1.82, 2.24) is 9.91 Å². The molecule has 6 heteroatoms. The fourth-order valence-electron chi connectivity index (χ4n) is 4.13. The highest BCUT2D eigenvalue weighted by Gasteiger charge is 2.34. The predicted molar refractivity (Wildman–Crippen MR) is 105 cm³/mol. The first-order valence-electron chi connectivity index (χ1n) is 9.85. The zero-order chi connectivity index (χ0) is 18.9. The minimum Gasteiger partial charge on any atom is -0.454 e. The number of carbonyl (C=O) groups excluding carboxylic acids is 1. The molecule has 1 unspecified atom stereocenters. The Bertz CT molecular complexity index is 906. The lowest BCUT2D eigenvalue weighted by atomic mass is 9.98. The minimum absolute atomic E-state index is 0.0514. The van der Waals surface area contributed by atoms with Gasteiger partial charge in [0.1, 0.15) is 0 Å². The SMILES string of the molecule is O=C(CN1CCCC1)N1N=C(c2ccccc2)CC1c1ccc2c(c1)OCO2. The normalized spacial score (nSPS) is 21.2. The molecule has 0 radical (unpaired) electrons. The van der Waals surface area contributed by atoms with Crippen molar-refractivity contribution in [1.29, 1.82) is 0 Å². The Kier molecular flexibility index (Phi) is 4.49. The Morgan fingerprint density at radius 2 is 1.82 bits per heavy atom. The standard InChI is InChI=1S/C22H23N3O3/c26-22(14-24-10-4-5-11-24)25-19(13-18(23-25)16-6-2-1-3-7-16)17-8-9-20-21(12-17)28-15-27-20/h1-3,6-9,12,19H,4-5,10-11,13-15H2. The van der Waals surface area contributed by atoms with E-state index in [4.69, 9.17) is 14.6 Å². The van der Waals surface area contributed by atoms with E-state index < -0.39 is 0 Å².